The second-order valence-electron chi connectivity index (χ2n) is 2.56. The van der Waals surface area contributed by atoms with E-state index in [0.717, 1.165) is 0 Å². The predicted molar refractivity (Wildman–Crippen MR) is 48.2 cm³/mol. The number of rotatable bonds is 5. The summed E-state index contributed by atoms with van der Waals surface area (Å²) in [6.07, 6.45) is 1.01. The molecule has 0 aromatic carbocycles. The second kappa shape index (κ2) is 5.00. The van der Waals surface area contributed by atoms with Gasteiger partial charge in [-0.15, -0.1) is 0 Å². The molecule has 0 amide bonds. The van der Waals surface area contributed by atoms with Crippen molar-refractivity contribution >= 4 is 21.9 Å². The van der Waals surface area contributed by atoms with Crippen LogP contribution in [0.4, 0.5) is 0 Å². The van der Waals surface area contributed by atoms with Gasteiger partial charge in [0.1, 0.15) is 4.32 Å². The third kappa shape index (κ3) is 4.20. The van der Waals surface area contributed by atoms with Crippen LogP contribution < -0.4 is 0 Å². The van der Waals surface area contributed by atoms with Gasteiger partial charge in [-0.25, -0.2) is 0 Å². The third-order valence-corrected chi connectivity index (χ3v) is 2.15. The first kappa shape index (κ1) is 11.3. The van der Waals surface area contributed by atoms with Gasteiger partial charge in [0.25, 0.3) is 0 Å². The maximum absolute atomic E-state index is 10.5. The SMILES string of the molecule is CC(Br)(CCCN=[N+]=[N-])C(=O)O. The fourth-order valence-electron chi connectivity index (χ4n) is 0.633. The number of azide groups is 1. The number of carboxylic acids is 1. The number of halogens is 1. The zero-order valence-corrected chi connectivity index (χ0v) is 8.28. The van der Waals surface area contributed by atoms with Crippen LogP contribution in [-0.2, 0) is 4.79 Å². The van der Waals surface area contributed by atoms with Gasteiger partial charge < -0.3 is 5.11 Å². The number of aliphatic carboxylic acids is 1. The molecule has 0 saturated heterocycles. The minimum atomic E-state index is -0.905. The summed E-state index contributed by atoms with van der Waals surface area (Å²) in [5.74, 6) is -0.900. The highest BCUT2D eigenvalue weighted by Crippen LogP contribution is 2.23. The van der Waals surface area contributed by atoms with Gasteiger partial charge in [0, 0.05) is 11.5 Å². The largest absolute Gasteiger partial charge is 0.480 e. The molecule has 0 rings (SSSR count). The van der Waals surface area contributed by atoms with E-state index in [-0.39, 0.29) is 0 Å². The topological polar surface area (TPSA) is 86.1 Å². The number of nitrogens with zero attached hydrogens (tertiary/aromatic N) is 3. The third-order valence-electron chi connectivity index (χ3n) is 1.41. The number of alkyl halides is 1. The molecule has 0 spiro atoms. The van der Waals surface area contributed by atoms with Gasteiger partial charge in [-0.2, -0.15) is 0 Å². The van der Waals surface area contributed by atoms with Gasteiger partial charge >= 0.3 is 5.97 Å². The van der Waals surface area contributed by atoms with E-state index in [4.69, 9.17) is 10.6 Å². The molecule has 0 bridgehead atoms. The molecule has 0 aliphatic heterocycles. The molecule has 0 aromatic heterocycles. The van der Waals surface area contributed by atoms with Crippen molar-refractivity contribution in [3.63, 3.8) is 0 Å². The van der Waals surface area contributed by atoms with Crippen molar-refractivity contribution in [2.75, 3.05) is 6.54 Å². The van der Waals surface area contributed by atoms with E-state index in [2.05, 4.69) is 26.0 Å². The van der Waals surface area contributed by atoms with Gasteiger partial charge in [-0.05, 0) is 25.3 Å². The molecule has 5 nitrogen and oxygen atoms in total. The first-order chi connectivity index (χ1) is 5.50. The molecule has 0 aliphatic rings. The summed E-state index contributed by atoms with van der Waals surface area (Å²) in [5.41, 5.74) is 7.94. The highest BCUT2D eigenvalue weighted by atomic mass is 79.9. The standard InChI is InChI=1S/C6H10BrN3O2/c1-6(7,5(11)12)3-2-4-9-10-8/h2-4H2,1H3,(H,11,12). The highest BCUT2D eigenvalue weighted by molar-refractivity contribution is 9.10. The Morgan fingerprint density at radius 1 is 1.83 bits per heavy atom. The van der Waals surface area contributed by atoms with Gasteiger partial charge in [-0.3, -0.25) is 4.79 Å². The minimum Gasteiger partial charge on any atom is -0.480 e. The van der Waals surface area contributed by atoms with E-state index in [0.29, 0.717) is 19.4 Å². The van der Waals surface area contributed by atoms with Gasteiger partial charge in [0.2, 0.25) is 0 Å². The van der Waals surface area contributed by atoms with Crippen LogP contribution in [-0.4, -0.2) is 21.9 Å². The number of hydrogen-bond acceptors (Lipinski definition) is 2. The van der Waals surface area contributed by atoms with Crippen molar-refractivity contribution in [2.45, 2.75) is 24.1 Å². The molecule has 6 heteroatoms. The first-order valence-electron chi connectivity index (χ1n) is 3.44. The molecule has 0 aliphatic carbocycles. The molecule has 0 aromatic rings. The Balaban J connectivity index is 3.76. The van der Waals surface area contributed by atoms with Crippen LogP contribution in [0.5, 0.6) is 0 Å². The van der Waals surface area contributed by atoms with E-state index in [9.17, 15) is 4.79 Å². The maximum Gasteiger partial charge on any atom is 0.320 e. The van der Waals surface area contributed by atoms with Crippen molar-refractivity contribution in [3.8, 4) is 0 Å². The Bertz CT molecular complexity index is 211. The maximum atomic E-state index is 10.5. The number of carboxylic acid groups (broad SMARTS) is 1. The van der Waals surface area contributed by atoms with Gasteiger partial charge in [0.15, 0.2) is 0 Å². The summed E-state index contributed by atoms with van der Waals surface area (Å²) in [6, 6.07) is 0. The highest BCUT2D eigenvalue weighted by Gasteiger charge is 2.28. The van der Waals surface area contributed by atoms with Crippen LogP contribution in [0, 0.1) is 0 Å². The minimum absolute atomic E-state index is 0.338. The molecular weight excluding hydrogens is 226 g/mol. The number of hydrogen-bond donors (Lipinski definition) is 1. The Kier molecular flexibility index (Phi) is 4.70. The summed E-state index contributed by atoms with van der Waals surface area (Å²) >= 11 is 3.06. The Hall–Kier alpha value is -0.740. The summed E-state index contributed by atoms with van der Waals surface area (Å²) in [5, 5.41) is 11.9. The molecule has 1 unspecified atom stereocenters. The Morgan fingerprint density at radius 2 is 2.42 bits per heavy atom. The Morgan fingerprint density at radius 3 is 2.83 bits per heavy atom. The van der Waals surface area contributed by atoms with E-state index in [1.54, 1.807) is 6.92 Å². The molecule has 1 atom stereocenters. The summed E-state index contributed by atoms with van der Waals surface area (Å²) in [4.78, 5) is 13.1. The fraction of sp³-hybridized carbons (Fsp3) is 0.833. The van der Waals surface area contributed by atoms with Crippen molar-refractivity contribution in [3.05, 3.63) is 10.4 Å². The lowest BCUT2D eigenvalue weighted by Gasteiger charge is -2.15. The molecule has 1 N–H and O–H groups in total. The van der Waals surface area contributed by atoms with E-state index < -0.39 is 10.3 Å². The first-order valence-corrected chi connectivity index (χ1v) is 4.23. The molecule has 0 fully saturated rings. The van der Waals surface area contributed by atoms with E-state index in [1.165, 1.54) is 0 Å². The zero-order valence-electron chi connectivity index (χ0n) is 6.70. The van der Waals surface area contributed by atoms with Crippen LogP contribution in [0.3, 0.4) is 0 Å². The van der Waals surface area contributed by atoms with Crippen LogP contribution in [0.15, 0.2) is 5.11 Å². The average Bonchev–Trinajstić information content (AvgIpc) is 1.98. The number of carbonyl (C=O) groups is 1. The molecule has 0 saturated carbocycles. The van der Waals surface area contributed by atoms with Crippen LogP contribution >= 0.6 is 15.9 Å². The monoisotopic (exact) mass is 235 g/mol. The van der Waals surface area contributed by atoms with E-state index >= 15 is 0 Å². The Labute approximate surface area is 78.5 Å². The zero-order chi connectivity index (χ0) is 9.61. The predicted octanol–water partition coefficient (Wildman–Crippen LogP) is 2.32. The lowest BCUT2D eigenvalue weighted by Crippen LogP contribution is -2.27. The molecule has 0 heterocycles. The van der Waals surface area contributed by atoms with Crippen molar-refractivity contribution in [1.29, 1.82) is 0 Å². The van der Waals surface area contributed by atoms with Gasteiger partial charge in [0.05, 0.1) is 0 Å². The summed E-state index contributed by atoms with van der Waals surface area (Å²) in [6.45, 7) is 1.91. The van der Waals surface area contributed by atoms with Crippen LogP contribution in [0.25, 0.3) is 10.4 Å². The quantitative estimate of drug-likeness (QED) is 0.261. The molecule has 0 radical (unpaired) electrons. The van der Waals surface area contributed by atoms with E-state index in [1.807, 2.05) is 0 Å². The van der Waals surface area contributed by atoms with Crippen molar-refractivity contribution in [1.82, 2.24) is 0 Å². The second-order valence-corrected chi connectivity index (χ2v) is 4.31. The van der Waals surface area contributed by atoms with Crippen molar-refractivity contribution in [2.24, 2.45) is 5.11 Å². The van der Waals surface area contributed by atoms with Crippen LogP contribution in [0.1, 0.15) is 19.8 Å². The lowest BCUT2D eigenvalue weighted by molar-refractivity contribution is -0.139. The fourth-order valence-corrected chi connectivity index (χ4v) is 0.914. The smallest absolute Gasteiger partial charge is 0.320 e. The average molecular weight is 236 g/mol. The normalized spacial score (nSPS) is 14.5. The lowest BCUT2D eigenvalue weighted by atomic mass is 10.1. The van der Waals surface area contributed by atoms with Crippen molar-refractivity contribution < 1.29 is 9.90 Å². The summed E-state index contributed by atoms with van der Waals surface area (Å²) < 4.78 is -0.905. The molecule has 12 heavy (non-hydrogen) atoms. The molecule has 68 valence electrons. The molecular formula is C6H10BrN3O2. The summed E-state index contributed by atoms with van der Waals surface area (Å²) in [7, 11) is 0. The van der Waals surface area contributed by atoms with Crippen LogP contribution in [0.2, 0.25) is 0 Å². The van der Waals surface area contributed by atoms with Gasteiger partial charge in [-0.1, -0.05) is 21.0 Å².